The lowest BCUT2D eigenvalue weighted by Gasteiger charge is -2.04. The Morgan fingerprint density at radius 2 is 1.58 bits per heavy atom. The van der Waals surface area contributed by atoms with E-state index in [0.29, 0.717) is 6.42 Å². The zero-order chi connectivity index (χ0) is 21.7. The van der Waals surface area contributed by atoms with Crippen molar-refractivity contribution < 1.29 is 4.79 Å². The molecule has 0 aliphatic heterocycles. The molecule has 0 saturated heterocycles. The van der Waals surface area contributed by atoms with Gasteiger partial charge in [0.05, 0.1) is 11.4 Å². The predicted molar refractivity (Wildman–Crippen MR) is 130 cm³/mol. The number of hydrogen-bond donors (Lipinski definition) is 3. The minimum atomic E-state index is 0.133. The Morgan fingerprint density at radius 3 is 2.29 bits per heavy atom. The summed E-state index contributed by atoms with van der Waals surface area (Å²) < 4.78 is 0. The first-order valence-electron chi connectivity index (χ1n) is 11.1. The number of hydrogen-bond acceptors (Lipinski definition) is 4. The van der Waals surface area contributed by atoms with Crippen LogP contribution in [0.1, 0.15) is 38.5 Å². The third-order valence-electron chi connectivity index (χ3n) is 5.03. The Hall–Kier alpha value is -2.57. The lowest BCUT2D eigenvalue weighted by molar-refractivity contribution is -0.121. The minimum absolute atomic E-state index is 0.133. The normalized spacial score (nSPS) is 10.9. The number of nitrogens with one attached hydrogen (secondary N) is 2. The first kappa shape index (κ1) is 23.1. The van der Waals surface area contributed by atoms with Crippen LogP contribution in [-0.4, -0.2) is 34.7 Å². The van der Waals surface area contributed by atoms with E-state index in [1.165, 1.54) is 0 Å². The zero-order valence-corrected chi connectivity index (χ0v) is 18.8. The third kappa shape index (κ3) is 7.56. The summed E-state index contributed by atoms with van der Waals surface area (Å²) in [4.78, 5) is 20.3. The highest BCUT2D eigenvalue weighted by molar-refractivity contribution is 7.99. The van der Waals surface area contributed by atoms with Crippen molar-refractivity contribution >= 4 is 17.7 Å². The van der Waals surface area contributed by atoms with Crippen LogP contribution < -0.4 is 11.1 Å². The third-order valence-corrected chi connectivity index (χ3v) is 5.99. The van der Waals surface area contributed by atoms with Crippen LogP contribution in [0.25, 0.3) is 22.5 Å². The monoisotopic (exact) mass is 436 g/mol. The lowest BCUT2D eigenvalue weighted by Crippen LogP contribution is -2.24. The van der Waals surface area contributed by atoms with Crippen LogP contribution in [0.4, 0.5) is 0 Å². The average molecular weight is 437 g/mol. The van der Waals surface area contributed by atoms with Crippen molar-refractivity contribution in [3.63, 3.8) is 0 Å². The van der Waals surface area contributed by atoms with E-state index in [-0.39, 0.29) is 5.91 Å². The molecule has 0 saturated carbocycles. The molecule has 0 aliphatic carbocycles. The molecule has 1 amide bonds. The molecule has 0 atom stereocenters. The Bertz CT molecular complexity index is 855. The number of aromatic nitrogens is 2. The molecule has 3 aromatic rings. The maximum atomic E-state index is 12.0. The number of rotatable bonds is 13. The molecule has 4 N–H and O–H groups in total. The van der Waals surface area contributed by atoms with Crippen LogP contribution in [0.2, 0.25) is 0 Å². The highest BCUT2D eigenvalue weighted by Gasteiger charge is 2.14. The van der Waals surface area contributed by atoms with Crippen LogP contribution in [0.3, 0.4) is 0 Å². The van der Waals surface area contributed by atoms with E-state index in [1.54, 1.807) is 11.8 Å². The van der Waals surface area contributed by atoms with Gasteiger partial charge in [-0.2, -0.15) is 0 Å². The van der Waals surface area contributed by atoms with Gasteiger partial charge in [0.15, 0.2) is 5.16 Å². The molecular weight excluding hydrogens is 404 g/mol. The Balaban J connectivity index is 1.50. The predicted octanol–water partition coefficient (Wildman–Crippen LogP) is 5.25. The van der Waals surface area contributed by atoms with E-state index in [0.717, 1.165) is 78.6 Å². The van der Waals surface area contributed by atoms with Crippen molar-refractivity contribution in [3.05, 3.63) is 60.7 Å². The molecule has 5 nitrogen and oxygen atoms in total. The number of H-pyrrole nitrogens is 1. The Kier molecular flexibility index (Phi) is 9.67. The molecule has 0 fully saturated rings. The van der Waals surface area contributed by atoms with Crippen LogP contribution in [-0.2, 0) is 4.79 Å². The van der Waals surface area contributed by atoms with Gasteiger partial charge in [0.2, 0.25) is 5.91 Å². The van der Waals surface area contributed by atoms with E-state index in [1.807, 2.05) is 36.4 Å². The summed E-state index contributed by atoms with van der Waals surface area (Å²) in [6.07, 6.45) is 5.73. The fourth-order valence-corrected chi connectivity index (χ4v) is 4.19. The summed E-state index contributed by atoms with van der Waals surface area (Å²) in [5.41, 5.74) is 9.69. The number of aromatic amines is 1. The number of nitrogens with two attached hydrogens (primary N) is 1. The van der Waals surface area contributed by atoms with Gasteiger partial charge in [-0.3, -0.25) is 4.79 Å². The van der Waals surface area contributed by atoms with E-state index in [9.17, 15) is 4.79 Å². The fourth-order valence-electron chi connectivity index (χ4n) is 3.38. The smallest absolute Gasteiger partial charge is 0.220 e. The van der Waals surface area contributed by atoms with Crippen molar-refractivity contribution in [1.82, 2.24) is 15.3 Å². The van der Waals surface area contributed by atoms with Gasteiger partial charge in [-0.1, -0.05) is 85.3 Å². The van der Waals surface area contributed by atoms with E-state index >= 15 is 0 Å². The van der Waals surface area contributed by atoms with Crippen LogP contribution in [0, 0.1) is 0 Å². The van der Waals surface area contributed by atoms with Gasteiger partial charge >= 0.3 is 0 Å². The number of unbranched alkanes of at least 4 members (excludes halogenated alkanes) is 3. The molecule has 0 spiro atoms. The molecule has 0 bridgehead atoms. The maximum absolute atomic E-state index is 12.0. The standard InChI is InChI=1S/C25H32N4OS/c26-17-9-1-2-10-18-27-22(30)16-11-19-31-25-28-23(20-12-5-3-6-13-20)24(29-25)21-14-7-4-8-15-21/h3-8,12-15H,1-2,9-11,16-19,26H2,(H,27,30)(H,28,29). The number of carbonyl (C=O) groups excluding carboxylic acids is 1. The highest BCUT2D eigenvalue weighted by atomic mass is 32.2. The topological polar surface area (TPSA) is 83.8 Å². The number of benzene rings is 2. The summed E-state index contributed by atoms with van der Waals surface area (Å²) in [6, 6.07) is 20.5. The Labute approximate surface area is 189 Å². The average Bonchev–Trinajstić information content (AvgIpc) is 3.24. The first-order valence-corrected chi connectivity index (χ1v) is 12.1. The molecule has 6 heteroatoms. The molecule has 0 unspecified atom stereocenters. The second-order valence-electron chi connectivity index (χ2n) is 7.50. The summed E-state index contributed by atoms with van der Waals surface area (Å²) >= 11 is 1.67. The second kappa shape index (κ2) is 13.0. The molecule has 1 heterocycles. The fraction of sp³-hybridized carbons (Fsp3) is 0.360. The van der Waals surface area contributed by atoms with Gasteiger partial charge in [-0.15, -0.1) is 0 Å². The number of amides is 1. The summed E-state index contributed by atoms with van der Waals surface area (Å²) in [7, 11) is 0. The van der Waals surface area contributed by atoms with E-state index in [4.69, 9.17) is 10.7 Å². The number of nitrogens with zero attached hydrogens (tertiary/aromatic N) is 1. The first-order chi connectivity index (χ1) is 15.3. The minimum Gasteiger partial charge on any atom is -0.356 e. The molecular formula is C25H32N4OS. The van der Waals surface area contributed by atoms with Crippen LogP contribution >= 0.6 is 11.8 Å². The molecule has 164 valence electrons. The molecule has 0 aliphatic rings. The van der Waals surface area contributed by atoms with Gasteiger partial charge in [-0.25, -0.2) is 4.98 Å². The number of carbonyl (C=O) groups is 1. The number of imidazole rings is 1. The van der Waals surface area contributed by atoms with E-state index < -0.39 is 0 Å². The SMILES string of the molecule is NCCCCCCNC(=O)CCCSc1nc(-c2ccccc2)c(-c2ccccc2)[nH]1. The van der Waals surface area contributed by atoms with Crippen molar-refractivity contribution in [3.8, 4) is 22.5 Å². The second-order valence-corrected chi connectivity index (χ2v) is 8.59. The van der Waals surface area contributed by atoms with Crippen molar-refractivity contribution in [2.24, 2.45) is 5.73 Å². The quantitative estimate of drug-likeness (QED) is 0.252. The van der Waals surface area contributed by atoms with Gasteiger partial charge < -0.3 is 16.0 Å². The highest BCUT2D eigenvalue weighted by Crippen LogP contribution is 2.32. The summed E-state index contributed by atoms with van der Waals surface area (Å²) in [5, 5.41) is 3.90. The number of thioether (sulfide) groups is 1. The van der Waals surface area contributed by atoms with Crippen molar-refractivity contribution in [2.75, 3.05) is 18.8 Å². The summed E-state index contributed by atoms with van der Waals surface area (Å²) in [6.45, 7) is 1.51. The molecule has 0 radical (unpaired) electrons. The van der Waals surface area contributed by atoms with E-state index in [2.05, 4.69) is 34.6 Å². The molecule has 31 heavy (non-hydrogen) atoms. The molecule has 2 aromatic carbocycles. The van der Waals surface area contributed by atoms with Gasteiger partial charge in [0.1, 0.15) is 0 Å². The zero-order valence-electron chi connectivity index (χ0n) is 18.0. The maximum Gasteiger partial charge on any atom is 0.220 e. The largest absolute Gasteiger partial charge is 0.356 e. The van der Waals surface area contributed by atoms with Crippen molar-refractivity contribution in [1.29, 1.82) is 0 Å². The van der Waals surface area contributed by atoms with Gasteiger partial charge in [0.25, 0.3) is 0 Å². The summed E-state index contributed by atoms with van der Waals surface area (Å²) in [5.74, 6) is 0.980. The molecule has 3 rings (SSSR count). The van der Waals surface area contributed by atoms with Crippen LogP contribution in [0.15, 0.2) is 65.8 Å². The Morgan fingerprint density at radius 1 is 0.903 bits per heavy atom. The van der Waals surface area contributed by atoms with Gasteiger partial charge in [0, 0.05) is 29.8 Å². The molecule has 1 aromatic heterocycles. The van der Waals surface area contributed by atoms with Crippen molar-refractivity contribution in [2.45, 2.75) is 43.7 Å². The lowest BCUT2D eigenvalue weighted by atomic mass is 10.1. The van der Waals surface area contributed by atoms with Crippen LogP contribution in [0.5, 0.6) is 0 Å². The van der Waals surface area contributed by atoms with Gasteiger partial charge in [-0.05, 0) is 25.8 Å².